The molecule has 110 valence electrons. The Bertz CT molecular complexity index is 497. The molecule has 20 heavy (non-hydrogen) atoms. The summed E-state index contributed by atoms with van der Waals surface area (Å²) in [6.07, 6.45) is 4.09. The summed E-state index contributed by atoms with van der Waals surface area (Å²) in [7, 11) is 0. The SMILES string of the molecule is CC(C)c1nnc([C@]23COC[C@H]2CN(C2CCC2)C3)o1. The lowest BCUT2D eigenvalue weighted by Gasteiger charge is -2.35. The Morgan fingerprint density at radius 1 is 1.30 bits per heavy atom. The smallest absolute Gasteiger partial charge is 0.226 e. The Hall–Kier alpha value is -0.940. The number of hydrogen-bond acceptors (Lipinski definition) is 5. The second-order valence-electron chi connectivity index (χ2n) is 6.98. The number of hydrogen-bond donors (Lipinski definition) is 0. The molecule has 2 saturated heterocycles. The maximum Gasteiger partial charge on any atom is 0.226 e. The van der Waals surface area contributed by atoms with E-state index in [1.54, 1.807) is 0 Å². The van der Waals surface area contributed by atoms with Crippen LogP contribution in [0.3, 0.4) is 0 Å². The second kappa shape index (κ2) is 4.53. The molecule has 0 N–H and O–H groups in total. The van der Waals surface area contributed by atoms with E-state index in [9.17, 15) is 0 Å². The molecule has 0 aromatic carbocycles. The highest BCUT2D eigenvalue weighted by Gasteiger charge is 2.56. The lowest BCUT2D eigenvalue weighted by atomic mass is 9.81. The third-order valence-electron chi connectivity index (χ3n) is 5.35. The molecule has 1 aromatic heterocycles. The van der Waals surface area contributed by atoms with Crippen molar-refractivity contribution >= 4 is 0 Å². The molecule has 5 heteroatoms. The number of aromatic nitrogens is 2. The van der Waals surface area contributed by atoms with E-state index in [-0.39, 0.29) is 11.3 Å². The van der Waals surface area contributed by atoms with Gasteiger partial charge >= 0.3 is 0 Å². The summed E-state index contributed by atoms with van der Waals surface area (Å²) in [5, 5.41) is 8.60. The third kappa shape index (κ3) is 1.76. The molecule has 3 fully saturated rings. The van der Waals surface area contributed by atoms with Gasteiger partial charge in [0, 0.05) is 31.0 Å². The Labute approximate surface area is 119 Å². The topological polar surface area (TPSA) is 51.4 Å². The summed E-state index contributed by atoms with van der Waals surface area (Å²) in [4.78, 5) is 2.63. The first-order chi connectivity index (χ1) is 9.69. The van der Waals surface area contributed by atoms with Crippen LogP contribution in [0.25, 0.3) is 0 Å². The van der Waals surface area contributed by atoms with Crippen molar-refractivity contribution in [2.24, 2.45) is 5.92 Å². The molecule has 0 unspecified atom stereocenters. The Balaban J connectivity index is 1.62. The normalized spacial score (nSPS) is 34.6. The first kappa shape index (κ1) is 12.8. The van der Waals surface area contributed by atoms with Gasteiger partial charge in [-0.25, -0.2) is 0 Å². The predicted molar refractivity (Wildman–Crippen MR) is 73.6 cm³/mol. The molecular weight excluding hydrogens is 254 g/mol. The molecule has 4 rings (SSSR count). The maximum absolute atomic E-state index is 5.98. The highest BCUT2D eigenvalue weighted by molar-refractivity contribution is 5.17. The van der Waals surface area contributed by atoms with Gasteiger partial charge in [0.2, 0.25) is 11.8 Å². The van der Waals surface area contributed by atoms with Crippen LogP contribution in [0.2, 0.25) is 0 Å². The summed E-state index contributed by atoms with van der Waals surface area (Å²) in [6, 6.07) is 0.782. The summed E-state index contributed by atoms with van der Waals surface area (Å²) < 4.78 is 11.7. The third-order valence-corrected chi connectivity index (χ3v) is 5.35. The van der Waals surface area contributed by atoms with E-state index in [1.807, 2.05) is 0 Å². The molecule has 0 spiro atoms. The van der Waals surface area contributed by atoms with Crippen molar-refractivity contribution in [3.63, 3.8) is 0 Å². The van der Waals surface area contributed by atoms with Gasteiger partial charge in [0.05, 0.1) is 18.6 Å². The van der Waals surface area contributed by atoms with Crippen LogP contribution in [0, 0.1) is 5.92 Å². The number of rotatable bonds is 3. The Morgan fingerprint density at radius 2 is 2.15 bits per heavy atom. The van der Waals surface area contributed by atoms with Crippen molar-refractivity contribution in [3.8, 4) is 0 Å². The first-order valence-corrected chi connectivity index (χ1v) is 7.85. The van der Waals surface area contributed by atoms with Crippen LogP contribution in [-0.4, -0.2) is 47.4 Å². The zero-order valence-electron chi connectivity index (χ0n) is 12.3. The second-order valence-corrected chi connectivity index (χ2v) is 6.98. The summed E-state index contributed by atoms with van der Waals surface area (Å²) in [5.74, 6) is 2.37. The average molecular weight is 277 g/mol. The van der Waals surface area contributed by atoms with E-state index in [2.05, 4.69) is 28.9 Å². The van der Waals surface area contributed by atoms with E-state index < -0.39 is 0 Å². The van der Waals surface area contributed by atoms with Gasteiger partial charge in [-0.05, 0) is 12.8 Å². The van der Waals surface area contributed by atoms with Crippen LogP contribution >= 0.6 is 0 Å². The highest BCUT2D eigenvalue weighted by atomic mass is 16.5. The van der Waals surface area contributed by atoms with Gasteiger partial charge in [0.1, 0.15) is 0 Å². The number of fused-ring (bicyclic) bond motifs is 1. The minimum Gasteiger partial charge on any atom is -0.424 e. The van der Waals surface area contributed by atoms with E-state index in [4.69, 9.17) is 9.15 Å². The Morgan fingerprint density at radius 3 is 2.80 bits per heavy atom. The average Bonchev–Trinajstić information content (AvgIpc) is 2.97. The molecule has 5 nitrogen and oxygen atoms in total. The molecule has 0 bridgehead atoms. The molecule has 0 amide bonds. The largest absolute Gasteiger partial charge is 0.424 e. The van der Waals surface area contributed by atoms with E-state index >= 15 is 0 Å². The van der Waals surface area contributed by atoms with Crippen molar-refractivity contribution < 1.29 is 9.15 Å². The van der Waals surface area contributed by atoms with Crippen LogP contribution in [0.5, 0.6) is 0 Å². The van der Waals surface area contributed by atoms with Crippen molar-refractivity contribution in [1.29, 1.82) is 0 Å². The molecule has 2 atom stereocenters. The minimum atomic E-state index is -0.0459. The molecule has 1 aromatic rings. The number of ether oxygens (including phenoxy) is 1. The molecular formula is C15H23N3O2. The summed E-state index contributed by atoms with van der Waals surface area (Å²) in [5.41, 5.74) is -0.0459. The van der Waals surface area contributed by atoms with Crippen molar-refractivity contribution in [2.45, 2.75) is 50.5 Å². The van der Waals surface area contributed by atoms with Crippen molar-refractivity contribution in [2.75, 3.05) is 26.3 Å². The van der Waals surface area contributed by atoms with Gasteiger partial charge in [0.25, 0.3) is 0 Å². The van der Waals surface area contributed by atoms with Crippen molar-refractivity contribution in [3.05, 3.63) is 11.8 Å². The zero-order chi connectivity index (χ0) is 13.7. The minimum absolute atomic E-state index is 0.0459. The lowest BCUT2D eigenvalue weighted by Crippen LogP contribution is -2.42. The fraction of sp³-hybridized carbons (Fsp3) is 0.867. The first-order valence-electron chi connectivity index (χ1n) is 7.85. The van der Waals surface area contributed by atoms with Gasteiger partial charge in [-0.1, -0.05) is 20.3 Å². The quantitative estimate of drug-likeness (QED) is 0.845. The molecule has 3 aliphatic rings. The van der Waals surface area contributed by atoms with Gasteiger partial charge in [-0.2, -0.15) is 0 Å². The number of nitrogens with zero attached hydrogens (tertiary/aromatic N) is 3. The molecule has 3 heterocycles. The van der Waals surface area contributed by atoms with Gasteiger partial charge < -0.3 is 9.15 Å². The molecule has 0 radical (unpaired) electrons. The lowest BCUT2D eigenvalue weighted by molar-refractivity contribution is 0.101. The van der Waals surface area contributed by atoms with Gasteiger partial charge in [-0.15, -0.1) is 10.2 Å². The van der Waals surface area contributed by atoms with Crippen LogP contribution in [-0.2, 0) is 10.2 Å². The summed E-state index contributed by atoms with van der Waals surface area (Å²) >= 11 is 0. The molecule has 1 aliphatic carbocycles. The van der Waals surface area contributed by atoms with E-state index in [1.165, 1.54) is 19.3 Å². The van der Waals surface area contributed by atoms with E-state index in [0.29, 0.717) is 5.92 Å². The van der Waals surface area contributed by atoms with Gasteiger partial charge in [-0.3, -0.25) is 4.90 Å². The highest BCUT2D eigenvalue weighted by Crippen LogP contribution is 2.45. The van der Waals surface area contributed by atoms with Crippen LogP contribution in [0.1, 0.15) is 50.8 Å². The Kier molecular flexibility index (Phi) is 2.89. The number of likely N-dealkylation sites (tertiary alicyclic amines) is 1. The van der Waals surface area contributed by atoms with Gasteiger partial charge in [0.15, 0.2) is 0 Å². The fourth-order valence-corrected chi connectivity index (χ4v) is 3.78. The maximum atomic E-state index is 5.98. The van der Waals surface area contributed by atoms with Crippen molar-refractivity contribution in [1.82, 2.24) is 15.1 Å². The van der Waals surface area contributed by atoms with Crippen LogP contribution < -0.4 is 0 Å². The van der Waals surface area contributed by atoms with Crippen LogP contribution in [0.4, 0.5) is 0 Å². The molecule has 2 aliphatic heterocycles. The zero-order valence-corrected chi connectivity index (χ0v) is 12.3. The fourth-order valence-electron chi connectivity index (χ4n) is 3.78. The summed E-state index contributed by atoms with van der Waals surface area (Å²) in [6.45, 7) is 7.91. The molecule has 1 saturated carbocycles. The van der Waals surface area contributed by atoms with Crippen LogP contribution in [0.15, 0.2) is 4.42 Å². The monoisotopic (exact) mass is 277 g/mol. The van der Waals surface area contributed by atoms with E-state index in [0.717, 1.165) is 44.1 Å². The predicted octanol–water partition coefficient (Wildman–Crippen LogP) is 1.95. The standard InChI is InChI=1S/C15H23N3O2/c1-10(2)13-16-17-14(20-13)15-8-18(12-4-3-5-12)6-11(15)7-19-9-15/h10-12H,3-9H2,1-2H3/t11-,15-/m1/s1.